The minimum atomic E-state index is -0.892. The highest BCUT2D eigenvalue weighted by atomic mass is 16.7. The Morgan fingerprint density at radius 2 is 1.64 bits per heavy atom. The summed E-state index contributed by atoms with van der Waals surface area (Å²) in [5.41, 5.74) is 2.17. The number of ether oxygens (including phenoxy) is 1. The molecule has 0 saturated carbocycles. The second-order valence-corrected chi connectivity index (χ2v) is 8.15. The zero-order valence-electron chi connectivity index (χ0n) is 18.3. The molecule has 0 N–H and O–H groups in total. The molecule has 7 nitrogen and oxygen atoms in total. The second kappa shape index (κ2) is 9.03. The number of para-hydroxylation sites is 1. The van der Waals surface area contributed by atoms with Gasteiger partial charge in [-0.1, -0.05) is 31.5 Å². The maximum Gasteiger partial charge on any atom is 0.266 e. The van der Waals surface area contributed by atoms with Crippen LogP contribution >= 0.6 is 0 Å². The van der Waals surface area contributed by atoms with E-state index in [-0.39, 0.29) is 11.8 Å². The van der Waals surface area contributed by atoms with Crippen LogP contribution in [-0.2, 0) is 14.4 Å². The Labute approximate surface area is 192 Å². The summed E-state index contributed by atoms with van der Waals surface area (Å²) in [6.07, 6.45) is 4.50. The Balaban J connectivity index is 1.45. The first kappa shape index (κ1) is 21.2. The summed E-state index contributed by atoms with van der Waals surface area (Å²) in [7, 11) is 0. The summed E-state index contributed by atoms with van der Waals surface area (Å²) >= 11 is 0. The molecule has 7 heteroatoms. The van der Waals surface area contributed by atoms with Crippen molar-refractivity contribution in [2.24, 2.45) is 5.92 Å². The molecule has 3 heterocycles. The van der Waals surface area contributed by atoms with Gasteiger partial charge in [-0.2, -0.15) is 0 Å². The van der Waals surface area contributed by atoms with Crippen molar-refractivity contribution in [1.29, 1.82) is 0 Å². The summed E-state index contributed by atoms with van der Waals surface area (Å²) in [6.45, 7) is 2.74. The van der Waals surface area contributed by atoms with Gasteiger partial charge in [0.1, 0.15) is 11.7 Å². The van der Waals surface area contributed by atoms with Crippen molar-refractivity contribution in [2.45, 2.75) is 31.9 Å². The number of aromatic nitrogens is 1. The number of amides is 2. The van der Waals surface area contributed by atoms with Gasteiger partial charge in [0.25, 0.3) is 5.91 Å². The van der Waals surface area contributed by atoms with Crippen LogP contribution in [0.1, 0.15) is 31.4 Å². The number of pyridine rings is 1. The highest BCUT2D eigenvalue weighted by Gasteiger charge is 2.60. The summed E-state index contributed by atoms with van der Waals surface area (Å²) in [6, 6.07) is 19.8. The van der Waals surface area contributed by atoms with Crippen LogP contribution in [0.5, 0.6) is 5.75 Å². The van der Waals surface area contributed by atoms with Crippen LogP contribution in [0.15, 0.2) is 79.1 Å². The molecule has 2 aliphatic heterocycles. The van der Waals surface area contributed by atoms with E-state index in [1.165, 1.54) is 4.90 Å². The van der Waals surface area contributed by atoms with Crippen molar-refractivity contribution in [3.05, 3.63) is 84.7 Å². The number of hydroxylamine groups is 1. The standard InChI is InChI=1S/C26H25N3O4/c1-2-3-17-32-21-11-9-19(10-12-21)28-25(30)22-23(18-13-15-27-16-14-18)29(33-24(22)26(28)31)20-7-5-4-6-8-20/h4-16,22-24H,2-3,17H2,1H3/t22-,23-,24-/m0/s1. The molecule has 0 bridgehead atoms. The number of rotatable bonds is 7. The van der Waals surface area contributed by atoms with E-state index >= 15 is 0 Å². The van der Waals surface area contributed by atoms with Crippen molar-refractivity contribution in [2.75, 3.05) is 16.6 Å². The van der Waals surface area contributed by atoms with Crippen molar-refractivity contribution >= 4 is 23.2 Å². The first-order chi connectivity index (χ1) is 16.2. The zero-order valence-corrected chi connectivity index (χ0v) is 18.3. The zero-order chi connectivity index (χ0) is 22.8. The average Bonchev–Trinajstić information content (AvgIpc) is 3.37. The number of benzene rings is 2. The summed E-state index contributed by atoms with van der Waals surface area (Å²) in [5, 5.41) is 1.68. The number of carbonyl (C=O) groups excluding carboxylic acids is 2. The average molecular weight is 444 g/mol. The monoisotopic (exact) mass is 443 g/mol. The number of nitrogens with zero attached hydrogens (tertiary/aromatic N) is 3. The van der Waals surface area contributed by atoms with Crippen LogP contribution in [0, 0.1) is 5.92 Å². The SMILES string of the molecule is CCCCOc1ccc(N2C(=O)[C@@H]3[C@H](ON(c4ccccc4)[C@H]3c3ccncc3)C2=O)cc1. The van der Waals surface area contributed by atoms with Gasteiger partial charge in [-0.25, -0.2) is 9.96 Å². The predicted molar refractivity (Wildman–Crippen MR) is 124 cm³/mol. The minimum Gasteiger partial charge on any atom is -0.494 e. The lowest BCUT2D eigenvalue weighted by atomic mass is 9.91. The van der Waals surface area contributed by atoms with Crippen LogP contribution in [0.2, 0.25) is 0 Å². The molecule has 1 aromatic heterocycles. The molecule has 0 unspecified atom stereocenters. The topological polar surface area (TPSA) is 72.0 Å². The lowest BCUT2D eigenvalue weighted by Gasteiger charge is -2.28. The van der Waals surface area contributed by atoms with E-state index in [4.69, 9.17) is 9.57 Å². The van der Waals surface area contributed by atoms with Crippen LogP contribution < -0.4 is 14.7 Å². The Hall–Kier alpha value is -3.71. The molecule has 2 fully saturated rings. The fourth-order valence-electron chi connectivity index (χ4n) is 4.39. The Morgan fingerprint density at radius 1 is 0.909 bits per heavy atom. The predicted octanol–water partition coefficient (Wildman–Crippen LogP) is 4.31. The molecule has 2 saturated heterocycles. The van der Waals surface area contributed by atoms with E-state index < -0.39 is 18.1 Å². The van der Waals surface area contributed by atoms with Crippen molar-refractivity contribution in [3.8, 4) is 5.75 Å². The minimum absolute atomic E-state index is 0.273. The van der Waals surface area contributed by atoms with Gasteiger partial charge in [-0.05, 0) is 60.5 Å². The van der Waals surface area contributed by atoms with E-state index in [1.807, 2.05) is 42.5 Å². The van der Waals surface area contributed by atoms with Gasteiger partial charge in [0.15, 0.2) is 6.10 Å². The highest BCUT2D eigenvalue weighted by molar-refractivity contribution is 6.23. The molecule has 33 heavy (non-hydrogen) atoms. The smallest absolute Gasteiger partial charge is 0.266 e. The van der Waals surface area contributed by atoms with Crippen LogP contribution in [0.25, 0.3) is 0 Å². The summed E-state index contributed by atoms with van der Waals surface area (Å²) in [4.78, 5) is 38.4. The summed E-state index contributed by atoms with van der Waals surface area (Å²) < 4.78 is 5.70. The molecule has 0 aliphatic carbocycles. The molecule has 2 amide bonds. The fraction of sp³-hybridized carbons (Fsp3) is 0.269. The summed E-state index contributed by atoms with van der Waals surface area (Å²) in [5.74, 6) is -0.583. The van der Waals surface area contributed by atoms with Gasteiger partial charge < -0.3 is 4.74 Å². The first-order valence-corrected chi connectivity index (χ1v) is 11.2. The number of carbonyl (C=O) groups is 2. The lowest BCUT2D eigenvalue weighted by molar-refractivity contribution is -0.126. The van der Waals surface area contributed by atoms with Gasteiger partial charge in [0, 0.05) is 12.4 Å². The van der Waals surface area contributed by atoms with Crippen molar-refractivity contribution < 1.29 is 19.2 Å². The molecule has 0 spiro atoms. The largest absolute Gasteiger partial charge is 0.494 e. The molecular formula is C26H25N3O4. The third kappa shape index (κ3) is 3.85. The molecule has 3 atom stereocenters. The number of hydrogen-bond acceptors (Lipinski definition) is 6. The number of anilines is 2. The van der Waals surface area contributed by atoms with Crippen LogP contribution in [-0.4, -0.2) is 29.5 Å². The van der Waals surface area contributed by atoms with E-state index in [2.05, 4.69) is 11.9 Å². The molecule has 5 rings (SSSR count). The first-order valence-electron chi connectivity index (χ1n) is 11.2. The van der Waals surface area contributed by atoms with Crippen molar-refractivity contribution in [1.82, 2.24) is 4.98 Å². The molecule has 168 valence electrons. The third-order valence-electron chi connectivity index (χ3n) is 6.04. The number of unbranched alkanes of at least 4 members (excludes halogenated alkanes) is 1. The number of fused-ring (bicyclic) bond motifs is 1. The van der Waals surface area contributed by atoms with Crippen LogP contribution in [0.3, 0.4) is 0 Å². The normalized spacial score (nSPS) is 22.0. The molecule has 3 aromatic rings. The Kier molecular flexibility index (Phi) is 5.79. The number of imide groups is 1. The molecular weight excluding hydrogens is 418 g/mol. The fourth-order valence-corrected chi connectivity index (χ4v) is 4.39. The van der Waals surface area contributed by atoms with E-state index in [1.54, 1.807) is 41.7 Å². The van der Waals surface area contributed by atoms with E-state index in [0.29, 0.717) is 18.0 Å². The quantitative estimate of drug-likeness (QED) is 0.400. The second-order valence-electron chi connectivity index (χ2n) is 8.15. The van der Waals surface area contributed by atoms with Gasteiger partial charge in [-0.3, -0.25) is 19.4 Å². The van der Waals surface area contributed by atoms with E-state index in [9.17, 15) is 9.59 Å². The molecule has 0 radical (unpaired) electrons. The maximum absolute atomic E-state index is 13.6. The number of hydrogen-bond donors (Lipinski definition) is 0. The van der Waals surface area contributed by atoms with Gasteiger partial charge in [-0.15, -0.1) is 0 Å². The van der Waals surface area contributed by atoms with Gasteiger partial charge in [0.05, 0.1) is 24.0 Å². The van der Waals surface area contributed by atoms with E-state index in [0.717, 1.165) is 24.1 Å². The van der Waals surface area contributed by atoms with Crippen LogP contribution in [0.4, 0.5) is 11.4 Å². The molecule has 2 aliphatic rings. The Morgan fingerprint density at radius 3 is 2.33 bits per heavy atom. The van der Waals surface area contributed by atoms with Gasteiger partial charge in [0.2, 0.25) is 5.91 Å². The highest BCUT2D eigenvalue weighted by Crippen LogP contribution is 2.47. The van der Waals surface area contributed by atoms with Gasteiger partial charge >= 0.3 is 0 Å². The lowest BCUT2D eigenvalue weighted by Crippen LogP contribution is -2.37. The van der Waals surface area contributed by atoms with Crippen molar-refractivity contribution in [3.63, 3.8) is 0 Å². The molecule has 2 aromatic carbocycles. The Bertz CT molecular complexity index is 1120. The maximum atomic E-state index is 13.6. The third-order valence-corrected chi connectivity index (χ3v) is 6.04.